The maximum Gasteiger partial charge on any atom is 0.225 e. The molecule has 168 valence electrons. The number of anilines is 2. The molecule has 32 heavy (non-hydrogen) atoms. The second-order valence-corrected chi connectivity index (χ2v) is 8.94. The van der Waals surface area contributed by atoms with Crippen LogP contribution in [0.5, 0.6) is 5.75 Å². The van der Waals surface area contributed by atoms with Gasteiger partial charge in [-0.15, -0.1) is 0 Å². The maximum absolute atomic E-state index is 5.25. The number of para-hydroxylation sites is 1. The molecule has 3 heterocycles. The summed E-state index contributed by atoms with van der Waals surface area (Å²) in [5.41, 5.74) is 2.40. The van der Waals surface area contributed by atoms with Crippen LogP contribution in [0, 0.1) is 0 Å². The SMILES string of the molecule is COc1ccc(CCN2CCC(Nc3nc(N4CCCC4)c4ccccc4n3)CC2)cc1. The van der Waals surface area contributed by atoms with Gasteiger partial charge >= 0.3 is 0 Å². The fourth-order valence-corrected chi connectivity index (χ4v) is 4.86. The van der Waals surface area contributed by atoms with E-state index >= 15 is 0 Å². The molecule has 6 heteroatoms. The number of hydrogen-bond acceptors (Lipinski definition) is 6. The molecule has 0 amide bonds. The lowest BCUT2D eigenvalue weighted by Gasteiger charge is -2.32. The number of likely N-dealkylation sites (tertiary alicyclic amines) is 1. The Bertz CT molecular complexity index is 1020. The molecular formula is C26H33N5O. The lowest BCUT2D eigenvalue weighted by atomic mass is 10.0. The minimum absolute atomic E-state index is 0.430. The topological polar surface area (TPSA) is 53.5 Å². The van der Waals surface area contributed by atoms with Crippen molar-refractivity contribution in [2.75, 3.05) is 50.1 Å². The van der Waals surface area contributed by atoms with E-state index in [-0.39, 0.29) is 0 Å². The number of hydrogen-bond donors (Lipinski definition) is 1. The summed E-state index contributed by atoms with van der Waals surface area (Å²) in [5.74, 6) is 2.79. The Hall–Kier alpha value is -2.86. The summed E-state index contributed by atoms with van der Waals surface area (Å²) in [6.07, 6.45) is 5.82. The van der Waals surface area contributed by atoms with Gasteiger partial charge in [0.25, 0.3) is 0 Å². The number of fused-ring (bicyclic) bond motifs is 1. The van der Waals surface area contributed by atoms with E-state index in [1.54, 1.807) is 7.11 Å². The standard InChI is InChI=1S/C26H33N5O/c1-32-22-10-8-20(9-11-22)12-17-30-18-13-21(14-19-30)27-26-28-24-7-3-2-6-23(24)25(29-26)31-15-4-5-16-31/h2-3,6-11,21H,4-5,12-19H2,1H3,(H,27,28,29). The first-order valence-electron chi connectivity index (χ1n) is 11.9. The summed E-state index contributed by atoms with van der Waals surface area (Å²) in [6.45, 7) is 5.51. The van der Waals surface area contributed by atoms with Crippen LogP contribution in [0.2, 0.25) is 0 Å². The van der Waals surface area contributed by atoms with E-state index in [1.165, 1.54) is 18.4 Å². The molecule has 0 saturated carbocycles. The van der Waals surface area contributed by atoms with Crippen molar-refractivity contribution in [1.82, 2.24) is 14.9 Å². The quantitative estimate of drug-likeness (QED) is 0.600. The van der Waals surface area contributed by atoms with Gasteiger partial charge < -0.3 is 19.9 Å². The molecule has 0 atom stereocenters. The van der Waals surface area contributed by atoms with Crippen LogP contribution in [0.1, 0.15) is 31.2 Å². The highest BCUT2D eigenvalue weighted by Crippen LogP contribution is 2.28. The first kappa shape index (κ1) is 21.0. The number of piperidine rings is 1. The zero-order chi connectivity index (χ0) is 21.8. The van der Waals surface area contributed by atoms with Crippen LogP contribution in [-0.2, 0) is 6.42 Å². The van der Waals surface area contributed by atoms with Gasteiger partial charge in [-0.2, -0.15) is 4.98 Å². The molecule has 1 N–H and O–H groups in total. The Morgan fingerprint density at radius 2 is 1.69 bits per heavy atom. The van der Waals surface area contributed by atoms with Gasteiger partial charge in [-0.25, -0.2) is 4.98 Å². The van der Waals surface area contributed by atoms with E-state index in [9.17, 15) is 0 Å². The van der Waals surface area contributed by atoms with E-state index in [4.69, 9.17) is 14.7 Å². The van der Waals surface area contributed by atoms with E-state index in [2.05, 4.69) is 51.5 Å². The number of ether oxygens (including phenoxy) is 1. The van der Waals surface area contributed by atoms with Crippen molar-refractivity contribution >= 4 is 22.7 Å². The van der Waals surface area contributed by atoms with Gasteiger partial charge in [0.15, 0.2) is 0 Å². The molecule has 0 radical (unpaired) electrons. The van der Waals surface area contributed by atoms with Crippen LogP contribution >= 0.6 is 0 Å². The Kier molecular flexibility index (Phi) is 6.39. The summed E-state index contributed by atoms with van der Waals surface area (Å²) >= 11 is 0. The third kappa shape index (κ3) is 4.80. The summed E-state index contributed by atoms with van der Waals surface area (Å²) in [7, 11) is 1.71. The molecule has 0 bridgehead atoms. The lowest BCUT2D eigenvalue weighted by Crippen LogP contribution is -2.40. The smallest absolute Gasteiger partial charge is 0.225 e. The van der Waals surface area contributed by atoms with Crippen molar-refractivity contribution in [3.63, 3.8) is 0 Å². The molecule has 6 nitrogen and oxygen atoms in total. The molecule has 0 aliphatic carbocycles. The first-order chi connectivity index (χ1) is 15.8. The summed E-state index contributed by atoms with van der Waals surface area (Å²) in [6, 6.07) is 17.3. The van der Waals surface area contributed by atoms with Crippen molar-refractivity contribution in [3.8, 4) is 5.75 Å². The average molecular weight is 432 g/mol. The third-order valence-corrected chi connectivity index (χ3v) is 6.79. The fraction of sp³-hybridized carbons (Fsp3) is 0.462. The predicted octanol–water partition coefficient (Wildman–Crippen LogP) is 4.36. The Morgan fingerprint density at radius 1 is 0.938 bits per heavy atom. The van der Waals surface area contributed by atoms with Crippen LogP contribution in [0.15, 0.2) is 48.5 Å². The van der Waals surface area contributed by atoms with E-state index in [0.29, 0.717) is 6.04 Å². The van der Waals surface area contributed by atoms with Crippen molar-refractivity contribution in [1.29, 1.82) is 0 Å². The van der Waals surface area contributed by atoms with Gasteiger partial charge in [0, 0.05) is 44.2 Å². The molecule has 3 aromatic rings. The Morgan fingerprint density at radius 3 is 2.44 bits per heavy atom. The third-order valence-electron chi connectivity index (χ3n) is 6.79. The average Bonchev–Trinajstić information content (AvgIpc) is 3.38. The molecule has 0 spiro atoms. The number of rotatable bonds is 7. The highest BCUT2D eigenvalue weighted by Gasteiger charge is 2.22. The van der Waals surface area contributed by atoms with Gasteiger partial charge in [-0.3, -0.25) is 0 Å². The molecule has 2 saturated heterocycles. The van der Waals surface area contributed by atoms with Crippen LogP contribution in [0.3, 0.4) is 0 Å². The zero-order valence-corrected chi connectivity index (χ0v) is 19.0. The van der Waals surface area contributed by atoms with E-state index in [1.807, 2.05) is 12.1 Å². The van der Waals surface area contributed by atoms with Gasteiger partial charge in [-0.1, -0.05) is 24.3 Å². The lowest BCUT2D eigenvalue weighted by molar-refractivity contribution is 0.221. The minimum atomic E-state index is 0.430. The molecule has 2 aromatic carbocycles. The van der Waals surface area contributed by atoms with E-state index < -0.39 is 0 Å². The molecule has 2 fully saturated rings. The van der Waals surface area contributed by atoms with Gasteiger partial charge in [-0.05, 0) is 61.9 Å². The monoisotopic (exact) mass is 431 g/mol. The van der Waals surface area contributed by atoms with Gasteiger partial charge in [0.2, 0.25) is 5.95 Å². The second-order valence-electron chi connectivity index (χ2n) is 8.94. The van der Waals surface area contributed by atoms with Crippen molar-refractivity contribution in [2.24, 2.45) is 0 Å². The zero-order valence-electron chi connectivity index (χ0n) is 19.0. The highest BCUT2D eigenvalue weighted by molar-refractivity contribution is 5.90. The molecule has 5 rings (SSSR count). The predicted molar refractivity (Wildman–Crippen MR) is 131 cm³/mol. The summed E-state index contributed by atoms with van der Waals surface area (Å²) < 4.78 is 5.25. The molecule has 1 aromatic heterocycles. The number of benzene rings is 2. The fourth-order valence-electron chi connectivity index (χ4n) is 4.86. The molecule has 2 aliphatic heterocycles. The Balaban J connectivity index is 1.18. The molecular weight excluding hydrogens is 398 g/mol. The normalized spacial score (nSPS) is 17.7. The van der Waals surface area contributed by atoms with Crippen molar-refractivity contribution in [2.45, 2.75) is 38.1 Å². The van der Waals surface area contributed by atoms with Gasteiger partial charge in [0.05, 0.1) is 12.6 Å². The minimum Gasteiger partial charge on any atom is -0.497 e. The van der Waals surface area contributed by atoms with Crippen molar-refractivity contribution in [3.05, 3.63) is 54.1 Å². The van der Waals surface area contributed by atoms with Crippen LogP contribution in [0.25, 0.3) is 10.9 Å². The largest absolute Gasteiger partial charge is 0.497 e. The van der Waals surface area contributed by atoms with Crippen LogP contribution in [0.4, 0.5) is 11.8 Å². The Labute approximate surface area is 190 Å². The highest BCUT2D eigenvalue weighted by atomic mass is 16.5. The second kappa shape index (κ2) is 9.74. The van der Waals surface area contributed by atoms with E-state index in [0.717, 1.165) is 80.4 Å². The summed E-state index contributed by atoms with van der Waals surface area (Å²) in [4.78, 5) is 14.8. The molecule has 0 unspecified atom stereocenters. The first-order valence-corrected chi connectivity index (χ1v) is 11.9. The number of nitrogens with one attached hydrogen (secondary N) is 1. The van der Waals surface area contributed by atoms with Crippen LogP contribution < -0.4 is 15.0 Å². The number of aromatic nitrogens is 2. The van der Waals surface area contributed by atoms with Crippen molar-refractivity contribution < 1.29 is 4.74 Å². The van der Waals surface area contributed by atoms with Crippen LogP contribution in [-0.4, -0.2) is 60.7 Å². The molecule has 2 aliphatic rings. The number of methoxy groups -OCH3 is 1. The van der Waals surface area contributed by atoms with Gasteiger partial charge in [0.1, 0.15) is 11.6 Å². The maximum atomic E-state index is 5.25. The summed E-state index contributed by atoms with van der Waals surface area (Å²) in [5, 5.41) is 4.81. The number of nitrogens with zero attached hydrogens (tertiary/aromatic N) is 4.